The molecule has 4 rings (SSSR count). The van der Waals surface area contributed by atoms with Gasteiger partial charge in [-0.25, -0.2) is 0 Å². The second-order valence-corrected chi connectivity index (χ2v) is 5.72. The van der Waals surface area contributed by atoms with Gasteiger partial charge < -0.3 is 14.0 Å². The Balaban J connectivity index is 2.06. The van der Waals surface area contributed by atoms with Crippen molar-refractivity contribution in [3.05, 3.63) is 34.7 Å². The molecule has 0 aliphatic carbocycles. The first-order chi connectivity index (χ1) is 10.7. The molecule has 0 saturated heterocycles. The molecule has 0 atom stereocenters. The molecule has 1 aliphatic heterocycles. The summed E-state index contributed by atoms with van der Waals surface area (Å²) in [4.78, 5) is 0. The van der Waals surface area contributed by atoms with Gasteiger partial charge in [-0.3, -0.25) is 5.10 Å². The Morgan fingerprint density at radius 2 is 1.95 bits per heavy atom. The number of ether oxygens (including phenoxy) is 2. The van der Waals surface area contributed by atoms with Crippen molar-refractivity contribution in [3.63, 3.8) is 0 Å². The predicted molar refractivity (Wildman–Crippen MR) is 87.2 cm³/mol. The summed E-state index contributed by atoms with van der Waals surface area (Å²) in [5, 5.41) is 9.10. The molecule has 2 aromatic heterocycles. The minimum atomic E-state index is 0.668. The van der Waals surface area contributed by atoms with Gasteiger partial charge >= 0.3 is 0 Å². The highest BCUT2D eigenvalue weighted by molar-refractivity contribution is 7.71. The van der Waals surface area contributed by atoms with Gasteiger partial charge in [-0.2, -0.15) is 5.10 Å². The van der Waals surface area contributed by atoms with Crippen LogP contribution in [0.5, 0.6) is 11.5 Å². The van der Waals surface area contributed by atoms with Gasteiger partial charge in [-0.05, 0) is 24.1 Å². The summed E-state index contributed by atoms with van der Waals surface area (Å²) < 4.78 is 13.8. The second-order valence-electron chi connectivity index (χ2n) is 5.31. The zero-order valence-electron chi connectivity index (χ0n) is 12.3. The number of hydrogen-bond donors (Lipinski definition) is 1. The average molecular weight is 313 g/mol. The van der Waals surface area contributed by atoms with Crippen LogP contribution in [0.25, 0.3) is 22.0 Å². The Kier molecular flexibility index (Phi) is 2.94. The number of fused-ring (bicyclic) bond motifs is 5. The van der Waals surface area contributed by atoms with E-state index < -0.39 is 0 Å². The van der Waals surface area contributed by atoms with Crippen LogP contribution in [-0.2, 0) is 13.0 Å². The number of aromatic amines is 1. The Morgan fingerprint density at radius 3 is 2.73 bits per heavy atom. The number of H-pyrrole nitrogens is 1. The first-order valence-electron chi connectivity index (χ1n) is 7.04. The lowest BCUT2D eigenvalue weighted by Gasteiger charge is -2.21. The van der Waals surface area contributed by atoms with Gasteiger partial charge in [-0.1, -0.05) is 12.2 Å². The number of aromatic nitrogens is 3. The first-order valence-corrected chi connectivity index (χ1v) is 7.45. The summed E-state index contributed by atoms with van der Waals surface area (Å²) >= 11 is 5.35. The molecule has 22 heavy (non-hydrogen) atoms. The molecule has 0 fully saturated rings. The third-order valence-corrected chi connectivity index (χ3v) is 4.52. The lowest BCUT2D eigenvalue weighted by atomic mass is 9.96. The van der Waals surface area contributed by atoms with Gasteiger partial charge in [-0.15, -0.1) is 0 Å². The standard InChI is InChI=1S/C16H15N3O2S/c1-20-13-5-9-3-4-19-8-12-11(7-17-18-16(12)22)15(19)10(9)6-14(13)21-2/h5-8H,3-4H2,1-2H3,(H,18,22). The Bertz CT molecular complexity index is 942. The van der Waals surface area contributed by atoms with Crippen LogP contribution in [0.4, 0.5) is 0 Å². The van der Waals surface area contributed by atoms with Crippen LogP contribution < -0.4 is 9.47 Å². The molecule has 3 heterocycles. The van der Waals surface area contributed by atoms with E-state index in [1.165, 1.54) is 5.56 Å². The van der Waals surface area contributed by atoms with E-state index in [0.29, 0.717) is 4.64 Å². The molecule has 0 unspecified atom stereocenters. The monoisotopic (exact) mass is 313 g/mol. The van der Waals surface area contributed by atoms with Crippen molar-refractivity contribution in [3.8, 4) is 22.8 Å². The van der Waals surface area contributed by atoms with Crippen molar-refractivity contribution in [2.45, 2.75) is 13.0 Å². The number of benzene rings is 1. The SMILES string of the molecule is COc1cc2c(cc1OC)-c1c3cn[nH]c(=S)c3cn1CC2. The van der Waals surface area contributed by atoms with Gasteiger partial charge in [0.2, 0.25) is 0 Å². The lowest BCUT2D eigenvalue weighted by molar-refractivity contribution is 0.354. The van der Waals surface area contributed by atoms with Crippen LogP contribution in [0, 0.1) is 4.64 Å². The molecule has 5 nitrogen and oxygen atoms in total. The maximum Gasteiger partial charge on any atom is 0.161 e. The number of aryl methyl sites for hydroxylation is 2. The maximum atomic E-state index is 5.45. The smallest absolute Gasteiger partial charge is 0.161 e. The van der Waals surface area contributed by atoms with E-state index in [1.54, 1.807) is 14.2 Å². The van der Waals surface area contributed by atoms with E-state index in [4.69, 9.17) is 21.7 Å². The lowest BCUT2D eigenvalue weighted by Crippen LogP contribution is -2.10. The second kappa shape index (κ2) is 4.84. The number of methoxy groups -OCH3 is 2. The van der Waals surface area contributed by atoms with Crippen molar-refractivity contribution in [2.24, 2.45) is 0 Å². The molecule has 6 heteroatoms. The normalized spacial score (nSPS) is 12.8. The molecule has 0 amide bonds. The molecular formula is C16H15N3O2S. The van der Waals surface area contributed by atoms with Gasteiger partial charge in [0.15, 0.2) is 11.5 Å². The minimum Gasteiger partial charge on any atom is -0.493 e. The summed E-state index contributed by atoms with van der Waals surface area (Å²) in [5.74, 6) is 1.50. The summed E-state index contributed by atoms with van der Waals surface area (Å²) in [6.07, 6.45) is 4.89. The zero-order valence-corrected chi connectivity index (χ0v) is 13.2. The van der Waals surface area contributed by atoms with E-state index in [-0.39, 0.29) is 0 Å². The third kappa shape index (κ3) is 1.77. The highest BCUT2D eigenvalue weighted by Crippen LogP contribution is 2.41. The highest BCUT2D eigenvalue weighted by atomic mass is 32.1. The number of hydrogen-bond acceptors (Lipinski definition) is 4. The van der Waals surface area contributed by atoms with Crippen LogP contribution in [-0.4, -0.2) is 29.0 Å². The first kappa shape index (κ1) is 13.3. The Morgan fingerprint density at radius 1 is 1.18 bits per heavy atom. The van der Waals surface area contributed by atoms with Gasteiger partial charge in [0.25, 0.3) is 0 Å². The molecule has 0 spiro atoms. The van der Waals surface area contributed by atoms with Crippen molar-refractivity contribution >= 4 is 23.0 Å². The van der Waals surface area contributed by atoms with E-state index >= 15 is 0 Å². The van der Waals surface area contributed by atoms with Crippen LogP contribution in [0.1, 0.15) is 5.56 Å². The molecule has 0 bridgehead atoms. The summed E-state index contributed by atoms with van der Waals surface area (Å²) in [5.41, 5.74) is 3.55. The highest BCUT2D eigenvalue weighted by Gasteiger charge is 2.22. The molecule has 0 saturated carbocycles. The number of nitrogens with zero attached hydrogens (tertiary/aromatic N) is 2. The van der Waals surface area contributed by atoms with Crippen LogP contribution >= 0.6 is 12.2 Å². The average Bonchev–Trinajstić information content (AvgIpc) is 2.94. The minimum absolute atomic E-state index is 0.668. The molecule has 3 aromatic rings. The van der Waals surface area contributed by atoms with E-state index in [1.807, 2.05) is 12.3 Å². The Labute approximate surface area is 132 Å². The third-order valence-electron chi connectivity index (χ3n) is 4.21. The Hall–Kier alpha value is -2.34. The summed E-state index contributed by atoms with van der Waals surface area (Å²) in [7, 11) is 3.32. The number of rotatable bonds is 2. The molecular weight excluding hydrogens is 298 g/mol. The van der Waals surface area contributed by atoms with Crippen LogP contribution in [0.2, 0.25) is 0 Å². The largest absolute Gasteiger partial charge is 0.493 e. The maximum absolute atomic E-state index is 5.45. The summed E-state index contributed by atoms with van der Waals surface area (Å²) in [6.45, 7) is 0.918. The topological polar surface area (TPSA) is 52.1 Å². The molecule has 1 aromatic carbocycles. The van der Waals surface area contributed by atoms with Gasteiger partial charge in [0, 0.05) is 29.1 Å². The summed E-state index contributed by atoms with van der Waals surface area (Å²) in [6, 6.07) is 4.10. The predicted octanol–water partition coefficient (Wildman–Crippen LogP) is 3.33. The van der Waals surface area contributed by atoms with Crippen molar-refractivity contribution in [2.75, 3.05) is 14.2 Å². The molecule has 1 N–H and O–H groups in total. The van der Waals surface area contributed by atoms with Crippen LogP contribution in [0.3, 0.4) is 0 Å². The van der Waals surface area contributed by atoms with Crippen molar-refractivity contribution in [1.29, 1.82) is 0 Å². The van der Waals surface area contributed by atoms with E-state index in [0.717, 1.165) is 46.5 Å². The van der Waals surface area contributed by atoms with Gasteiger partial charge in [0.05, 0.1) is 26.1 Å². The van der Waals surface area contributed by atoms with Gasteiger partial charge in [0.1, 0.15) is 4.64 Å². The fourth-order valence-corrected chi connectivity index (χ4v) is 3.38. The molecule has 1 aliphatic rings. The quantitative estimate of drug-likeness (QED) is 0.737. The van der Waals surface area contributed by atoms with E-state index in [2.05, 4.69) is 27.0 Å². The molecule has 0 radical (unpaired) electrons. The fourth-order valence-electron chi connectivity index (χ4n) is 3.16. The van der Waals surface area contributed by atoms with Crippen molar-refractivity contribution in [1.82, 2.24) is 14.8 Å². The van der Waals surface area contributed by atoms with E-state index in [9.17, 15) is 0 Å². The number of nitrogens with one attached hydrogen (secondary N) is 1. The fraction of sp³-hybridized carbons (Fsp3) is 0.250. The molecule has 112 valence electrons. The van der Waals surface area contributed by atoms with Crippen LogP contribution in [0.15, 0.2) is 24.5 Å². The van der Waals surface area contributed by atoms with Crippen molar-refractivity contribution < 1.29 is 9.47 Å². The zero-order chi connectivity index (χ0) is 15.3.